The zero-order valence-electron chi connectivity index (χ0n) is 12.0. The maximum Gasteiger partial charge on any atom is 0.0490 e. The van der Waals surface area contributed by atoms with E-state index in [9.17, 15) is 0 Å². The van der Waals surface area contributed by atoms with Crippen LogP contribution in [0.25, 0.3) is 0 Å². The molecule has 0 aromatic heterocycles. The lowest BCUT2D eigenvalue weighted by Gasteiger charge is -2.39. The molecule has 2 rings (SSSR count). The summed E-state index contributed by atoms with van der Waals surface area (Å²) in [4.78, 5) is 2.46. The Hall–Kier alpha value is -0.900. The molecule has 2 atom stereocenters. The van der Waals surface area contributed by atoms with Crippen molar-refractivity contribution >= 4 is 0 Å². The first kappa shape index (κ1) is 13.5. The fraction of sp³-hybridized carbons (Fsp3) is 0.600. The highest BCUT2D eigenvalue weighted by Gasteiger charge is 2.28. The van der Waals surface area contributed by atoms with Crippen molar-refractivity contribution in [3.63, 3.8) is 0 Å². The number of aryl methyl sites for hydroxylation is 2. The largest absolute Gasteiger partial charge is 0.314 e. The number of hydrogen-bond donors (Lipinski definition) is 2. The fourth-order valence-electron chi connectivity index (χ4n) is 2.93. The normalized spacial score (nSPS) is 23.0. The van der Waals surface area contributed by atoms with Gasteiger partial charge in [0, 0.05) is 31.7 Å². The van der Waals surface area contributed by atoms with E-state index in [1.807, 2.05) is 0 Å². The van der Waals surface area contributed by atoms with Gasteiger partial charge in [0.2, 0.25) is 0 Å². The van der Waals surface area contributed by atoms with Crippen LogP contribution in [0, 0.1) is 13.8 Å². The van der Waals surface area contributed by atoms with E-state index in [4.69, 9.17) is 0 Å². The minimum absolute atomic E-state index is 0.392. The summed E-state index contributed by atoms with van der Waals surface area (Å²) < 4.78 is 0. The Morgan fingerprint density at radius 3 is 2.78 bits per heavy atom. The third-order valence-corrected chi connectivity index (χ3v) is 4.02. The van der Waals surface area contributed by atoms with Crippen LogP contribution in [-0.4, -0.2) is 44.7 Å². The van der Waals surface area contributed by atoms with E-state index < -0.39 is 0 Å². The Morgan fingerprint density at radius 1 is 1.39 bits per heavy atom. The Kier molecular flexibility index (Phi) is 4.38. The van der Waals surface area contributed by atoms with Crippen molar-refractivity contribution in [3.05, 3.63) is 34.9 Å². The van der Waals surface area contributed by atoms with Crippen LogP contribution >= 0.6 is 0 Å². The van der Waals surface area contributed by atoms with E-state index in [2.05, 4.69) is 61.7 Å². The number of hydrogen-bond acceptors (Lipinski definition) is 3. The Bertz CT molecular complexity index is 403. The summed E-state index contributed by atoms with van der Waals surface area (Å²) >= 11 is 0. The minimum Gasteiger partial charge on any atom is -0.314 e. The van der Waals surface area contributed by atoms with E-state index in [0.29, 0.717) is 12.1 Å². The summed E-state index contributed by atoms with van der Waals surface area (Å²) in [5.41, 5.74) is 4.14. The molecule has 1 heterocycles. The lowest BCUT2D eigenvalue weighted by molar-refractivity contribution is 0.161. The van der Waals surface area contributed by atoms with Crippen LogP contribution in [0.4, 0.5) is 0 Å². The van der Waals surface area contributed by atoms with Gasteiger partial charge in [0.05, 0.1) is 0 Å². The van der Waals surface area contributed by atoms with Crippen molar-refractivity contribution in [2.75, 3.05) is 33.7 Å². The van der Waals surface area contributed by atoms with Gasteiger partial charge in [0.1, 0.15) is 0 Å². The molecule has 0 amide bonds. The van der Waals surface area contributed by atoms with Gasteiger partial charge in [-0.25, -0.2) is 0 Å². The number of rotatable bonds is 3. The smallest absolute Gasteiger partial charge is 0.0490 e. The zero-order chi connectivity index (χ0) is 13.1. The highest BCUT2D eigenvalue weighted by atomic mass is 15.2. The molecular weight excluding hydrogens is 222 g/mol. The van der Waals surface area contributed by atoms with Crippen molar-refractivity contribution in [1.29, 1.82) is 0 Å². The molecule has 1 saturated heterocycles. The van der Waals surface area contributed by atoms with Crippen molar-refractivity contribution in [3.8, 4) is 0 Å². The summed E-state index contributed by atoms with van der Waals surface area (Å²) in [5.74, 6) is 0. The van der Waals surface area contributed by atoms with E-state index in [-0.39, 0.29) is 0 Å². The Morgan fingerprint density at radius 2 is 2.17 bits per heavy atom. The summed E-state index contributed by atoms with van der Waals surface area (Å²) in [5, 5.41) is 7.00. The van der Waals surface area contributed by atoms with Crippen molar-refractivity contribution in [1.82, 2.24) is 15.5 Å². The van der Waals surface area contributed by atoms with Gasteiger partial charge in [-0.3, -0.25) is 4.90 Å². The molecule has 1 aromatic carbocycles. The van der Waals surface area contributed by atoms with Crippen LogP contribution in [-0.2, 0) is 0 Å². The van der Waals surface area contributed by atoms with Crippen LogP contribution in [0.3, 0.4) is 0 Å². The van der Waals surface area contributed by atoms with Crippen LogP contribution in [0.15, 0.2) is 18.2 Å². The molecule has 0 aliphatic carbocycles. The second kappa shape index (κ2) is 5.83. The molecular formula is C15H25N3. The fourth-order valence-corrected chi connectivity index (χ4v) is 2.93. The predicted octanol–water partition coefficient (Wildman–Crippen LogP) is 1.47. The van der Waals surface area contributed by atoms with Gasteiger partial charge in [-0.2, -0.15) is 0 Å². The van der Waals surface area contributed by atoms with Gasteiger partial charge < -0.3 is 10.6 Å². The third kappa shape index (κ3) is 2.74. The molecule has 1 fully saturated rings. The van der Waals surface area contributed by atoms with E-state index in [1.54, 1.807) is 0 Å². The molecule has 1 aliphatic heterocycles. The third-order valence-electron chi connectivity index (χ3n) is 4.02. The van der Waals surface area contributed by atoms with Gasteiger partial charge >= 0.3 is 0 Å². The second-order valence-corrected chi connectivity index (χ2v) is 5.38. The number of likely N-dealkylation sites (N-methyl/N-ethyl adjacent to an activating group) is 2. The highest BCUT2D eigenvalue weighted by molar-refractivity contribution is 5.33. The average molecular weight is 247 g/mol. The summed E-state index contributed by atoms with van der Waals surface area (Å²) in [6.45, 7) is 7.63. The molecule has 1 aliphatic rings. The molecule has 1 aromatic rings. The standard InChI is InChI=1S/C15H25N3/c1-11-5-6-13(12(2)9-11)15(16-3)14-10-17-7-8-18(14)4/h5-6,9,14-17H,7-8,10H2,1-4H3. The van der Waals surface area contributed by atoms with Crippen LogP contribution in [0.2, 0.25) is 0 Å². The predicted molar refractivity (Wildman–Crippen MR) is 77.0 cm³/mol. The topological polar surface area (TPSA) is 27.3 Å². The SMILES string of the molecule is CNC(c1ccc(C)cc1C)C1CNCCN1C. The summed E-state index contributed by atoms with van der Waals surface area (Å²) in [6.07, 6.45) is 0. The van der Waals surface area contributed by atoms with Gasteiger partial charge in [-0.1, -0.05) is 23.8 Å². The van der Waals surface area contributed by atoms with E-state index >= 15 is 0 Å². The monoisotopic (exact) mass is 247 g/mol. The number of nitrogens with one attached hydrogen (secondary N) is 2. The van der Waals surface area contributed by atoms with E-state index in [0.717, 1.165) is 19.6 Å². The minimum atomic E-state index is 0.392. The molecule has 100 valence electrons. The summed E-state index contributed by atoms with van der Waals surface area (Å²) in [7, 11) is 4.28. The van der Waals surface area contributed by atoms with Crippen molar-refractivity contribution < 1.29 is 0 Å². The van der Waals surface area contributed by atoms with Crippen molar-refractivity contribution in [2.45, 2.75) is 25.9 Å². The molecule has 3 nitrogen and oxygen atoms in total. The maximum absolute atomic E-state index is 3.50. The lowest BCUT2D eigenvalue weighted by atomic mass is 9.92. The summed E-state index contributed by atoms with van der Waals surface area (Å²) in [6, 6.07) is 7.67. The maximum atomic E-state index is 3.50. The van der Waals surface area contributed by atoms with Crippen LogP contribution < -0.4 is 10.6 Å². The van der Waals surface area contributed by atoms with Gasteiger partial charge in [0.25, 0.3) is 0 Å². The van der Waals surface area contributed by atoms with Crippen LogP contribution in [0.1, 0.15) is 22.7 Å². The van der Waals surface area contributed by atoms with Gasteiger partial charge in [-0.05, 0) is 39.1 Å². The molecule has 0 spiro atoms. The quantitative estimate of drug-likeness (QED) is 0.847. The van der Waals surface area contributed by atoms with E-state index in [1.165, 1.54) is 16.7 Å². The Labute approximate surface area is 111 Å². The van der Waals surface area contributed by atoms with Crippen molar-refractivity contribution in [2.24, 2.45) is 0 Å². The average Bonchev–Trinajstić information content (AvgIpc) is 2.34. The molecule has 0 radical (unpaired) electrons. The molecule has 18 heavy (non-hydrogen) atoms. The Balaban J connectivity index is 2.26. The van der Waals surface area contributed by atoms with Crippen LogP contribution in [0.5, 0.6) is 0 Å². The molecule has 0 saturated carbocycles. The number of nitrogens with zero attached hydrogens (tertiary/aromatic N) is 1. The lowest BCUT2D eigenvalue weighted by Crippen LogP contribution is -2.54. The highest BCUT2D eigenvalue weighted by Crippen LogP contribution is 2.24. The first-order valence-corrected chi connectivity index (χ1v) is 6.79. The molecule has 2 unspecified atom stereocenters. The first-order valence-electron chi connectivity index (χ1n) is 6.79. The van der Waals surface area contributed by atoms with Gasteiger partial charge in [0.15, 0.2) is 0 Å². The molecule has 2 N–H and O–H groups in total. The molecule has 0 bridgehead atoms. The number of benzene rings is 1. The number of piperazine rings is 1. The second-order valence-electron chi connectivity index (χ2n) is 5.38. The van der Waals surface area contributed by atoms with Gasteiger partial charge in [-0.15, -0.1) is 0 Å². The zero-order valence-corrected chi connectivity index (χ0v) is 12.0. The first-order chi connectivity index (χ1) is 8.63. The molecule has 3 heteroatoms.